The van der Waals surface area contributed by atoms with Crippen molar-refractivity contribution in [1.82, 2.24) is 9.97 Å². The predicted molar refractivity (Wildman–Crippen MR) is 81.7 cm³/mol. The summed E-state index contributed by atoms with van der Waals surface area (Å²) in [5.74, 6) is 0.572. The number of amides is 1. The molecule has 0 radical (unpaired) electrons. The Hall–Kier alpha value is -1.53. The third-order valence-corrected chi connectivity index (χ3v) is 5.41. The molecule has 0 unspecified atom stereocenters. The lowest BCUT2D eigenvalue weighted by Gasteiger charge is -2.13. The molecule has 21 heavy (non-hydrogen) atoms. The average molecular weight is 303 g/mol. The maximum absolute atomic E-state index is 12.3. The first-order valence-electron chi connectivity index (χ1n) is 7.50. The molecule has 1 aliphatic carbocycles. The number of carbonyl (C=O) groups is 1. The Morgan fingerprint density at radius 3 is 3.05 bits per heavy atom. The molecular weight excluding hydrogens is 286 g/mol. The normalized spacial score (nSPS) is 21.4. The van der Waals surface area contributed by atoms with Crippen molar-refractivity contribution in [2.45, 2.75) is 44.6 Å². The molecule has 0 spiro atoms. The molecule has 1 amide bonds. The number of nitrogens with one attached hydrogen (secondary N) is 1. The van der Waals surface area contributed by atoms with Gasteiger partial charge in [0, 0.05) is 11.5 Å². The van der Waals surface area contributed by atoms with E-state index >= 15 is 0 Å². The Morgan fingerprint density at radius 1 is 1.29 bits per heavy atom. The first-order valence-corrected chi connectivity index (χ1v) is 8.32. The first kappa shape index (κ1) is 13.2. The second-order valence-corrected chi connectivity index (χ2v) is 6.69. The summed E-state index contributed by atoms with van der Waals surface area (Å²) < 4.78 is 5.44. The summed E-state index contributed by atoms with van der Waals surface area (Å²) in [6.07, 6.45) is 7.57. The number of ether oxygens (including phenoxy) is 1. The highest BCUT2D eigenvalue weighted by atomic mass is 32.1. The number of hydrogen-bond donors (Lipinski definition) is 1. The van der Waals surface area contributed by atoms with Crippen LogP contribution < -0.4 is 5.32 Å². The quantitative estimate of drug-likeness (QED) is 0.926. The highest BCUT2D eigenvalue weighted by Crippen LogP contribution is 2.38. The Labute approximate surface area is 126 Å². The largest absolute Gasteiger partial charge is 0.368 e. The summed E-state index contributed by atoms with van der Waals surface area (Å²) in [4.78, 5) is 23.3. The van der Waals surface area contributed by atoms with Crippen LogP contribution in [0.1, 0.15) is 36.1 Å². The maximum Gasteiger partial charge on any atom is 0.254 e. The van der Waals surface area contributed by atoms with Crippen LogP contribution in [0.5, 0.6) is 0 Å². The molecular formula is C15H17N3O2S. The van der Waals surface area contributed by atoms with Gasteiger partial charge >= 0.3 is 0 Å². The van der Waals surface area contributed by atoms with Crippen LogP contribution in [0.3, 0.4) is 0 Å². The number of rotatable bonds is 2. The van der Waals surface area contributed by atoms with Gasteiger partial charge in [0.25, 0.3) is 5.91 Å². The van der Waals surface area contributed by atoms with Gasteiger partial charge in [-0.15, -0.1) is 11.3 Å². The highest BCUT2D eigenvalue weighted by molar-refractivity contribution is 7.19. The van der Waals surface area contributed by atoms with E-state index in [9.17, 15) is 4.79 Å². The molecule has 4 rings (SSSR count). The van der Waals surface area contributed by atoms with Crippen molar-refractivity contribution in [3.05, 3.63) is 16.8 Å². The van der Waals surface area contributed by atoms with Crippen LogP contribution in [0.15, 0.2) is 6.33 Å². The van der Waals surface area contributed by atoms with Crippen molar-refractivity contribution in [1.29, 1.82) is 0 Å². The van der Waals surface area contributed by atoms with Gasteiger partial charge in [0.1, 0.15) is 23.1 Å². The summed E-state index contributed by atoms with van der Waals surface area (Å²) >= 11 is 1.74. The Kier molecular flexibility index (Phi) is 3.35. The maximum atomic E-state index is 12.3. The number of anilines is 1. The molecule has 5 nitrogen and oxygen atoms in total. The average Bonchev–Trinajstić information content (AvgIpc) is 3.15. The van der Waals surface area contributed by atoms with E-state index in [0.717, 1.165) is 35.9 Å². The second kappa shape index (κ2) is 5.35. The third kappa shape index (κ3) is 2.32. The van der Waals surface area contributed by atoms with Crippen LogP contribution in [0.2, 0.25) is 0 Å². The second-order valence-electron chi connectivity index (χ2n) is 5.60. The molecule has 2 aromatic rings. The van der Waals surface area contributed by atoms with E-state index in [4.69, 9.17) is 4.74 Å². The fraction of sp³-hybridized carbons (Fsp3) is 0.533. The summed E-state index contributed by atoms with van der Waals surface area (Å²) in [6.45, 7) is 0.672. The zero-order valence-corrected chi connectivity index (χ0v) is 12.5. The first-order chi connectivity index (χ1) is 10.3. The molecule has 1 aliphatic heterocycles. The number of aryl methyl sites for hydroxylation is 2. The summed E-state index contributed by atoms with van der Waals surface area (Å²) in [6, 6.07) is 0. The van der Waals surface area contributed by atoms with Crippen molar-refractivity contribution in [2.24, 2.45) is 0 Å². The summed E-state index contributed by atoms with van der Waals surface area (Å²) in [7, 11) is 0. The lowest BCUT2D eigenvalue weighted by Crippen LogP contribution is -2.27. The number of nitrogens with zero attached hydrogens (tertiary/aromatic N) is 2. The van der Waals surface area contributed by atoms with Crippen LogP contribution in [0.4, 0.5) is 5.82 Å². The number of thiophene rings is 1. The van der Waals surface area contributed by atoms with Gasteiger partial charge in [-0.05, 0) is 44.1 Å². The Balaban J connectivity index is 1.71. The van der Waals surface area contributed by atoms with Crippen molar-refractivity contribution in [3.8, 4) is 0 Å². The fourth-order valence-electron chi connectivity index (χ4n) is 3.17. The molecule has 1 atom stereocenters. The minimum absolute atomic E-state index is 0.0803. The van der Waals surface area contributed by atoms with Crippen molar-refractivity contribution < 1.29 is 9.53 Å². The number of hydrogen-bond acceptors (Lipinski definition) is 5. The molecule has 1 fully saturated rings. The molecule has 1 saturated heterocycles. The standard InChI is InChI=1S/C15H17N3O2S/c19-14(10-5-3-7-20-10)18-13-12-9-4-1-2-6-11(9)21-15(12)17-8-16-13/h8,10H,1-7H2,(H,16,17,18,19)/t10-/m1/s1. The van der Waals surface area contributed by atoms with Crippen LogP contribution in [-0.2, 0) is 22.4 Å². The van der Waals surface area contributed by atoms with E-state index in [-0.39, 0.29) is 12.0 Å². The van der Waals surface area contributed by atoms with Gasteiger partial charge in [-0.2, -0.15) is 0 Å². The minimum atomic E-state index is -0.329. The molecule has 2 aliphatic rings. The monoisotopic (exact) mass is 303 g/mol. The van der Waals surface area contributed by atoms with Crippen LogP contribution in [0, 0.1) is 0 Å². The van der Waals surface area contributed by atoms with Crippen LogP contribution >= 0.6 is 11.3 Å². The van der Waals surface area contributed by atoms with Gasteiger partial charge in [-0.1, -0.05) is 0 Å². The molecule has 0 aromatic carbocycles. The van der Waals surface area contributed by atoms with E-state index in [2.05, 4.69) is 15.3 Å². The third-order valence-electron chi connectivity index (χ3n) is 4.22. The Bertz CT molecular complexity index is 692. The van der Waals surface area contributed by atoms with Gasteiger partial charge in [-0.3, -0.25) is 4.79 Å². The Morgan fingerprint density at radius 2 is 2.19 bits per heavy atom. The van der Waals surface area contributed by atoms with Crippen molar-refractivity contribution in [3.63, 3.8) is 0 Å². The minimum Gasteiger partial charge on any atom is -0.368 e. The molecule has 110 valence electrons. The lowest BCUT2D eigenvalue weighted by atomic mass is 9.97. The molecule has 1 N–H and O–H groups in total. The lowest BCUT2D eigenvalue weighted by molar-refractivity contribution is -0.124. The van der Waals surface area contributed by atoms with E-state index in [0.29, 0.717) is 12.4 Å². The number of carbonyl (C=O) groups excluding carboxylic acids is 1. The van der Waals surface area contributed by atoms with Crippen molar-refractivity contribution >= 4 is 33.3 Å². The van der Waals surface area contributed by atoms with E-state index < -0.39 is 0 Å². The SMILES string of the molecule is O=C(Nc1ncnc2sc3c(c12)CCCC3)[C@H]1CCCO1. The van der Waals surface area contributed by atoms with Gasteiger partial charge < -0.3 is 10.1 Å². The van der Waals surface area contributed by atoms with Gasteiger partial charge in [0.15, 0.2) is 0 Å². The highest BCUT2D eigenvalue weighted by Gasteiger charge is 2.26. The van der Waals surface area contributed by atoms with E-state index in [1.165, 1.54) is 29.6 Å². The predicted octanol–water partition coefficient (Wildman–Crippen LogP) is 2.69. The summed E-state index contributed by atoms with van der Waals surface area (Å²) in [5, 5.41) is 4.00. The zero-order valence-electron chi connectivity index (χ0n) is 11.7. The number of aromatic nitrogens is 2. The van der Waals surface area contributed by atoms with Crippen molar-refractivity contribution in [2.75, 3.05) is 11.9 Å². The van der Waals surface area contributed by atoms with Gasteiger partial charge in [0.05, 0.1) is 5.39 Å². The molecule has 3 heterocycles. The molecule has 6 heteroatoms. The van der Waals surface area contributed by atoms with Gasteiger partial charge in [0.2, 0.25) is 0 Å². The zero-order chi connectivity index (χ0) is 14.2. The number of fused-ring (bicyclic) bond motifs is 3. The van der Waals surface area contributed by atoms with Crippen LogP contribution in [0.25, 0.3) is 10.2 Å². The molecule has 0 bridgehead atoms. The van der Waals surface area contributed by atoms with E-state index in [1.54, 1.807) is 11.3 Å². The topological polar surface area (TPSA) is 64.1 Å². The molecule has 2 aromatic heterocycles. The molecule has 0 saturated carbocycles. The van der Waals surface area contributed by atoms with E-state index in [1.807, 2.05) is 0 Å². The fourth-order valence-corrected chi connectivity index (χ4v) is 4.40. The van der Waals surface area contributed by atoms with Crippen LogP contribution in [-0.4, -0.2) is 28.6 Å². The summed E-state index contributed by atoms with van der Waals surface area (Å²) in [5.41, 5.74) is 1.34. The smallest absolute Gasteiger partial charge is 0.254 e. The van der Waals surface area contributed by atoms with Gasteiger partial charge in [-0.25, -0.2) is 9.97 Å².